The van der Waals surface area contributed by atoms with Crippen LogP contribution >= 0.6 is 35.6 Å². The van der Waals surface area contributed by atoms with E-state index in [1.54, 1.807) is 12.1 Å². The Labute approximate surface area is 184 Å². The second-order valence-corrected chi connectivity index (χ2v) is 9.69. The van der Waals surface area contributed by atoms with Crippen molar-refractivity contribution < 1.29 is 4.79 Å². The zero-order valence-electron chi connectivity index (χ0n) is 16.1. The van der Waals surface area contributed by atoms with Crippen LogP contribution in [0.3, 0.4) is 0 Å². The zero-order valence-corrected chi connectivity index (χ0v) is 18.4. The molecule has 8 heteroatoms. The Kier molecular flexibility index (Phi) is 5.99. The summed E-state index contributed by atoms with van der Waals surface area (Å²) in [6, 6.07) is 11.0. The van der Waals surface area contributed by atoms with Crippen molar-refractivity contribution >= 4 is 51.5 Å². The lowest BCUT2D eigenvalue weighted by atomic mass is 9.83. The van der Waals surface area contributed by atoms with Gasteiger partial charge in [0.25, 0.3) is 5.56 Å². The highest BCUT2D eigenvalue weighted by atomic mass is 35.5. The van der Waals surface area contributed by atoms with Crippen LogP contribution in [-0.2, 0) is 11.3 Å². The summed E-state index contributed by atoms with van der Waals surface area (Å²) in [6.45, 7) is 4.29. The molecule has 0 radical (unpaired) electrons. The zero-order chi connectivity index (χ0) is 20.5. The van der Waals surface area contributed by atoms with Crippen molar-refractivity contribution in [3.63, 3.8) is 0 Å². The van der Waals surface area contributed by atoms with Crippen LogP contribution in [0.2, 0.25) is 5.02 Å². The maximum Gasteiger partial charge on any atom is 0.250 e. The third-order valence-corrected chi connectivity index (χ3v) is 7.45. The van der Waals surface area contributed by atoms with Gasteiger partial charge in [-0.3, -0.25) is 9.59 Å². The smallest absolute Gasteiger partial charge is 0.250 e. The van der Waals surface area contributed by atoms with Crippen molar-refractivity contribution in [2.24, 2.45) is 5.92 Å². The minimum Gasteiger partial charge on any atom is -0.356 e. The van der Waals surface area contributed by atoms with E-state index in [0.29, 0.717) is 22.5 Å². The second-order valence-electron chi connectivity index (χ2n) is 7.67. The highest BCUT2D eigenvalue weighted by molar-refractivity contribution is 8.23. The third-order valence-electron chi connectivity index (χ3n) is 5.52. The number of likely N-dealkylation sites (tertiary alicyclic amines) is 1. The molecule has 29 heavy (non-hydrogen) atoms. The van der Waals surface area contributed by atoms with Gasteiger partial charge in [-0.2, -0.15) is 0 Å². The molecule has 1 aromatic carbocycles. The number of piperidine rings is 1. The summed E-state index contributed by atoms with van der Waals surface area (Å²) in [5, 5.41) is 3.50. The number of carbonyl (C=O) groups excluding carboxylic acids is 1. The van der Waals surface area contributed by atoms with Crippen LogP contribution in [0.1, 0.15) is 23.6 Å². The van der Waals surface area contributed by atoms with Gasteiger partial charge in [-0.05, 0) is 43.0 Å². The molecule has 1 aromatic heterocycles. The van der Waals surface area contributed by atoms with E-state index in [2.05, 4.69) is 10.2 Å². The van der Waals surface area contributed by atoms with Gasteiger partial charge in [0.05, 0.1) is 5.75 Å². The van der Waals surface area contributed by atoms with Crippen LogP contribution in [0.4, 0.5) is 5.69 Å². The maximum absolute atomic E-state index is 12.3. The van der Waals surface area contributed by atoms with Gasteiger partial charge in [0, 0.05) is 48.0 Å². The molecule has 2 aromatic rings. The maximum atomic E-state index is 12.3. The van der Waals surface area contributed by atoms with E-state index < -0.39 is 0 Å². The molecule has 4 rings (SSSR count). The molecule has 5 nitrogen and oxygen atoms in total. The molecule has 2 bridgehead atoms. The molecule has 0 unspecified atom stereocenters. The topological polar surface area (TPSA) is 54.3 Å². The lowest BCUT2D eigenvalue weighted by Crippen LogP contribution is -2.48. The molecule has 0 spiro atoms. The van der Waals surface area contributed by atoms with Gasteiger partial charge in [0.1, 0.15) is 4.32 Å². The molecule has 1 amide bonds. The Morgan fingerprint density at radius 3 is 2.90 bits per heavy atom. The van der Waals surface area contributed by atoms with Crippen LogP contribution in [0.5, 0.6) is 0 Å². The normalized spacial score (nSPS) is 20.1. The monoisotopic (exact) mass is 447 g/mol. The molecule has 0 saturated carbocycles. The van der Waals surface area contributed by atoms with Crippen molar-refractivity contribution in [2.75, 3.05) is 24.2 Å². The van der Waals surface area contributed by atoms with E-state index >= 15 is 0 Å². The molecular weight excluding hydrogens is 426 g/mol. The molecule has 152 valence electrons. The molecule has 2 atom stereocenters. The van der Waals surface area contributed by atoms with Crippen LogP contribution in [-0.4, -0.2) is 38.5 Å². The average molecular weight is 448 g/mol. The van der Waals surface area contributed by atoms with E-state index in [-0.39, 0.29) is 17.2 Å². The predicted molar refractivity (Wildman–Crippen MR) is 123 cm³/mol. The lowest BCUT2D eigenvalue weighted by Gasteiger charge is -2.43. The fraction of sp³-hybridized carbons (Fsp3) is 0.381. The van der Waals surface area contributed by atoms with Gasteiger partial charge in [-0.15, -0.1) is 0 Å². The lowest BCUT2D eigenvalue weighted by molar-refractivity contribution is -0.113. The summed E-state index contributed by atoms with van der Waals surface area (Å²) >= 11 is 13.1. The first kappa shape index (κ1) is 20.4. The molecule has 0 aliphatic carbocycles. The van der Waals surface area contributed by atoms with Crippen LogP contribution in [0, 0.1) is 12.8 Å². The second kappa shape index (κ2) is 8.50. The standard InChI is InChI=1S/C21H22ClN3O2S2/c1-13-5-6-16(8-17(13)22)23-19(26)12-29-21(28)24-9-14-7-15(11-24)18-3-2-4-20(27)25(18)10-14/h2-6,8,14-15H,7,9-12H2,1H3,(H,23,26)/t14-,15-/m0/s1. The number of hydrogen-bond acceptors (Lipinski definition) is 4. The molecule has 2 aliphatic heterocycles. The van der Waals surface area contributed by atoms with E-state index in [1.807, 2.05) is 35.8 Å². The number of aryl methyl sites for hydroxylation is 1. The first-order valence-electron chi connectivity index (χ1n) is 9.58. The number of thioether (sulfide) groups is 1. The minimum atomic E-state index is -0.105. The van der Waals surface area contributed by atoms with E-state index in [4.69, 9.17) is 23.8 Å². The minimum absolute atomic E-state index is 0.0791. The molecule has 1 N–H and O–H groups in total. The number of nitrogens with zero attached hydrogens (tertiary/aromatic N) is 2. The Bertz CT molecular complexity index is 1020. The highest BCUT2D eigenvalue weighted by Gasteiger charge is 2.35. The van der Waals surface area contributed by atoms with E-state index in [1.165, 1.54) is 11.8 Å². The van der Waals surface area contributed by atoms with E-state index in [0.717, 1.165) is 41.6 Å². The fourth-order valence-electron chi connectivity index (χ4n) is 4.13. The number of fused-ring (bicyclic) bond motifs is 4. The Hall–Kier alpha value is -1.83. The summed E-state index contributed by atoms with van der Waals surface area (Å²) in [4.78, 5) is 26.6. The summed E-state index contributed by atoms with van der Waals surface area (Å²) in [5.41, 5.74) is 2.84. The quantitative estimate of drug-likeness (QED) is 0.723. The number of rotatable bonds is 3. The molecular formula is C21H22ClN3O2S2. The fourth-order valence-corrected chi connectivity index (χ4v) is 5.30. The summed E-state index contributed by atoms with van der Waals surface area (Å²) < 4.78 is 2.65. The van der Waals surface area contributed by atoms with Gasteiger partial charge < -0.3 is 14.8 Å². The van der Waals surface area contributed by atoms with Crippen LogP contribution < -0.4 is 10.9 Å². The van der Waals surface area contributed by atoms with Crippen LogP contribution in [0.25, 0.3) is 0 Å². The van der Waals surface area contributed by atoms with Crippen molar-refractivity contribution in [2.45, 2.75) is 25.8 Å². The van der Waals surface area contributed by atoms with Crippen molar-refractivity contribution in [3.8, 4) is 0 Å². The Morgan fingerprint density at radius 1 is 1.28 bits per heavy atom. The van der Waals surface area contributed by atoms with Gasteiger partial charge >= 0.3 is 0 Å². The van der Waals surface area contributed by atoms with Gasteiger partial charge in [-0.25, -0.2) is 0 Å². The average Bonchev–Trinajstić information content (AvgIpc) is 2.69. The number of nitrogens with one attached hydrogen (secondary N) is 1. The Morgan fingerprint density at radius 2 is 2.10 bits per heavy atom. The Balaban J connectivity index is 1.34. The number of hydrogen-bond donors (Lipinski definition) is 1. The number of aromatic nitrogens is 1. The first-order valence-corrected chi connectivity index (χ1v) is 11.4. The number of thiocarbonyl (C=S) groups is 1. The van der Waals surface area contributed by atoms with Crippen molar-refractivity contribution in [1.29, 1.82) is 0 Å². The first-order chi connectivity index (χ1) is 13.9. The van der Waals surface area contributed by atoms with Crippen molar-refractivity contribution in [3.05, 3.63) is 63.0 Å². The van der Waals surface area contributed by atoms with Crippen LogP contribution in [0.15, 0.2) is 41.2 Å². The van der Waals surface area contributed by atoms with Gasteiger partial charge in [0.2, 0.25) is 5.91 Å². The van der Waals surface area contributed by atoms with Crippen molar-refractivity contribution in [1.82, 2.24) is 9.47 Å². The molecule has 1 saturated heterocycles. The molecule has 2 aliphatic rings. The molecule has 3 heterocycles. The summed E-state index contributed by atoms with van der Waals surface area (Å²) in [5.74, 6) is 0.861. The third kappa shape index (κ3) is 4.52. The number of anilines is 1. The highest BCUT2D eigenvalue weighted by Crippen LogP contribution is 2.36. The largest absolute Gasteiger partial charge is 0.356 e. The SMILES string of the molecule is Cc1ccc(NC(=O)CSC(=S)N2C[C@@H]3C[C@@H](C2)c2cccc(=O)n2C3)cc1Cl. The predicted octanol–water partition coefficient (Wildman–Crippen LogP) is 3.89. The van der Waals surface area contributed by atoms with Gasteiger partial charge in [-0.1, -0.05) is 47.7 Å². The van der Waals surface area contributed by atoms with E-state index in [9.17, 15) is 9.59 Å². The molecule has 1 fully saturated rings. The number of pyridine rings is 1. The summed E-state index contributed by atoms with van der Waals surface area (Å²) in [6.07, 6.45) is 1.09. The summed E-state index contributed by atoms with van der Waals surface area (Å²) in [7, 11) is 0. The number of amides is 1. The number of benzene rings is 1. The number of carbonyl (C=O) groups is 1. The van der Waals surface area contributed by atoms with Gasteiger partial charge in [0.15, 0.2) is 0 Å². The number of halogens is 1.